The summed E-state index contributed by atoms with van der Waals surface area (Å²) in [5, 5.41) is 6.87. The van der Waals surface area contributed by atoms with Crippen LogP contribution < -0.4 is 10.6 Å². The van der Waals surface area contributed by atoms with E-state index in [9.17, 15) is 4.79 Å². The van der Waals surface area contributed by atoms with E-state index >= 15 is 0 Å². The van der Waals surface area contributed by atoms with Crippen molar-refractivity contribution in [2.75, 3.05) is 13.1 Å². The molecule has 0 bridgehead atoms. The minimum absolute atomic E-state index is 0.142. The molecule has 2 N–H and O–H groups in total. The molecule has 2 fully saturated rings. The summed E-state index contributed by atoms with van der Waals surface area (Å²) in [5.41, 5.74) is -0.142. The Morgan fingerprint density at radius 1 is 1.38 bits per heavy atom. The highest BCUT2D eigenvalue weighted by Gasteiger charge is 2.42. The number of nitrogens with one attached hydrogen (secondary N) is 2. The zero-order valence-electron chi connectivity index (χ0n) is 14.4. The predicted octanol–water partition coefficient (Wildman–Crippen LogP) is 3.34. The van der Waals surface area contributed by atoms with E-state index in [-0.39, 0.29) is 5.41 Å². The Hall–Kier alpha value is -0.570. The third-order valence-corrected chi connectivity index (χ3v) is 5.79. The summed E-state index contributed by atoms with van der Waals surface area (Å²) >= 11 is 0. The van der Waals surface area contributed by atoms with Crippen LogP contribution in [0.4, 0.5) is 0 Å². The van der Waals surface area contributed by atoms with Gasteiger partial charge in [-0.05, 0) is 50.0 Å². The first-order valence-electron chi connectivity index (χ1n) is 9.00. The van der Waals surface area contributed by atoms with E-state index in [0.29, 0.717) is 23.8 Å². The van der Waals surface area contributed by atoms with Crippen molar-refractivity contribution in [3.05, 3.63) is 0 Å². The van der Waals surface area contributed by atoms with Crippen LogP contribution in [0.3, 0.4) is 0 Å². The highest BCUT2D eigenvalue weighted by atomic mass is 16.2. The molecule has 3 nitrogen and oxygen atoms in total. The van der Waals surface area contributed by atoms with Crippen LogP contribution in [0.2, 0.25) is 0 Å². The van der Waals surface area contributed by atoms with E-state index in [2.05, 4.69) is 38.3 Å². The van der Waals surface area contributed by atoms with Gasteiger partial charge in [-0.3, -0.25) is 4.79 Å². The van der Waals surface area contributed by atoms with Gasteiger partial charge in [0.25, 0.3) is 0 Å². The number of hydrogen-bond donors (Lipinski definition) is 2. The number of carbonyl (C=O) groups excluding carboxylic acids is 1. The molecular formula is C18H34N2O. The largest absolute Gasteiger partial charge is 0.353 e. The Morgan fingerprint density at radius 2 is 2.14 bits per heavy atom. The van der Waals surface area contributed by atoms with Gasteiger partial charge < -0.3 is 10.6 Å². The maximum Gasteiger partial charge on any atom is 0.227 e. The summed E-state index contributed by atoms with van der Waals surface area (Å²) in [6, 6.07) is 0.385. The zero-order chi connectivity index (χ0) is 15.5. The van der Waals surface area contributed by atoms with Crippen molar-refractivity contribution in [1.82, 2.24) is 10.6 Å². The second kappa shape index (κ2) is 7.13. The molecule has 0 aromatic heterocycles. The molecule has 1 saturated heterocycles. The summed E-state index contributed by atoms with van der Waals surface area (Å²) in [4.78, 5) is 12.9. The maximum absolute atomic E-state index is 12.9. The van der Waals surface area contributed by atoms with Crippen molar-refractivity contribution in [1.29, 1.82) is 0 Å². The number of hydrogen-bond acceptors (Lipinski definition) is 2. The van der Waals surface area contributed by atoms with Crippen LogP contribution in [0.25, 0.3) is 0 Å². The molecule has 3 heteroatoms. The lowest BCUT2D eigenvalue weighted by atomic mass is 9.73. The minimum atomic E-state index is -0.142. The Balaban J connectivity index is 2.04. The van der Waals surface area contributed by atoms with E-state index < -0.39 is 0 Å². The van der Waals surface area contributed by atoms with Crippen molar-refractivity contribution in [2.45, 2.75) is 72.3 Å². The van der Waals surface area contributed by atoms with Crippen LogP contribution in [-0.2, 0) is 4.79 Å². The van der Waals surface area contributed by atoms with Crippen LogP contribution >= 0.6 is 0 Å². The van der Waals surface area contributed by atoms with Gasteiger partial charge >= 0.3 is 0 Å². The van der Waals surface area contributed by atoms with Gasteiger partial charge in [0.15, 0.2) is 0 Å². The lowest BCUT2D eigenvalue weighted by Crippen LogP contribution is -2.51. The molecule has 0 aromatic rings. The highest BCUT2D eigenvalue weighted by Crippen LogP contribution is 2.36. The molecule has 4 unspecified atom stereocenters. The molecule has 2 aliphatic rings. The predicted molar refractivity (Wildman–Crippen MR) is 88.1 cm³/mol. The summed E-state index contributed by atoms with van der Waals surface area (Å²) in [6.45, 7) is 11.0. The van der Waals surface area contributed by atoms with E-state index in [4.69, 9.17) is 0 Å². The average molecular weight is 294 g/mol. The molecule has 0 spiro atoms. The van der Waals surface area contributed by atoms with Crippen LogP contribution in [0.5, 0.6) is 0 Å². The molecule has 1 saturated carbocycles. The van der Waals surface area contributed by atoms with Crippen molar-refractivity contribution in [3.8, 4) is 0 Å². The molecule has 1 amide bonds. The molecule has 2 rings (SSSR count). The molecule has 122 valence electrons. The summed E-state index contributed by atoms with van der Waals surface area (Å²) < 4.78 is 0. The van der Waals surface area contributed by atoms with Crippen molar-refractivity contribution in [2.24, 2.45) is 23.2 Å². The fraction of sp³-hybridized carbons (Fsp3) is 0.944. The number of amides is 1. The first-order valence-corrected chi connectivity index (χ1v) is 9.00. The van der Waals surface area contributed by atoms with Gasteiger partial charge in [-0.15, -0.1) is 0 Å². The van der Waals surface area contributed by atoms with Crippen LogP contribution in [0.1, 0.15) is 66.2 Å². The Kier molecular flexibility index (Phi) is 5.70. The van der Waals surface area contributed by atoms with Crippen LogP contribution in [-0.4, -0.2) is 25.0 Å². The molecule has 1 aliphatic carbocycles. The first kappa shape index (κ1) is 16.8. The van der Waals surface area contributed by atoms with Gasteiger partial charge in [0.2, 0.25) is 5.91 Å². The normalized spacial score (nSPS) is 36.9. The van der Waals surface area contributed by atoms with Crippen molar-refractivity contribution >= 4 is 5.91 Å². The van der Waals surface area contributed by atoms with Gasteiger partial charge in [-0.2, -0.15) is 0 Å². The van der Waals surface area contributed by atoms with E-state index in [1.165, 1.54) is 12.8 Å². The maximum atomic E-state index is 12.9. The Morgan fingerprint density at radius 3 is 2.71 bits per heavy atom. The fourth-order valence-corrected chi connectivity index (χ4v) is 4.43. The van der Waals surface area contributed by atoms with Crippen molar-refractivity contribution in [3.63, 3.8) is 0 Å². The van der Waals surface area contributed by atoms with Crippen molar-refractivity contribution < 1.29 is 4.79 Å². The van der Waals surface area contributed by atoms with E-state index in [1.54, 1.807) is 0 Å². The summed E-state index contributed by atoms with van der Waals surface area (Å²) in [6.07, 6.45) is 6.84. The lowest BCUT2D eigenvalue weighted by molar-refractivity contribution is -0.132. The number of rotatable bonds is 5. The van der Waals surface area contributed by atoms with Gasteiger partial charge in [-0.25, -0.2) is 0 Å². The quantitative estimate of drug-likeness (QED) is 0.816. The van der Waals surface area contributed by atoms with E-state index in [1.807, 2.05) is 0 Å². The van der Waals surface area contributed by atoms with E-state index in [0.717, 1.165) is 44.7 Å². The second-order valence-corrected chi connectivity index (χ2v) is 7.86. The topological polar surface area (TPSA) is 41.1 Å². The third kappa shape index (κ3) is 3.80. The van der Waals surface area contributed by atoms with Gasteiger partial charge in [-0.1, -0.05) is 40.5 Å². The zero-order valence-corrected chi connectivity index (χ0v) is 14.4. The Labute approximate surface area is 130 Å². The average Bonchev–Trinajstić information content (AvgIpc) is 2.88. The van der Waals surface area contributed by atoms with Crippen LogP contribution in [0.15, 0.2) is 0 Å². The standard InChI is InChI=1S/C18H34N2O/c1-5-8-18(9-10-19-12-18)17(21)20-16-11-14(4)6-7-15(16)13(2)3/h13-16,19H,5-12H2,1-4H3,(H,20,21). The lowest BCUT2D eigenvalue weighted by Gasteiger charge is -2.40. The monoisotopic (exact) mass is 294 g/mol. The number of carbonyl (C=O) groups is 1. The molecule has 0 aromatic carbocycles. The summed E-state index contributed by atoms with van der Waals surface area (Å²) in [7, 11) is 0. The first-order chi connectivity index (χ1) is 9.98. The van der Waals surface area contributed by atoms with Gasteiger partial charge in [0, 0.05) is 12.6 Å². The SMILES string of the molecule is CCCC1(C(=O)NC2CC(C)CCC2C(C)C)CCNC1. The second-order valence-electron chi connectivity index (χ2n) is 7.86. The molecule has 1 heterocycles. The molecule has 21 heavy (non-hydrogen) atoms. The fourth-order valence-electron chi connectivity index (χ4n) is 4.43. The van der Waals surface area contributed by atoms with Crippen LogP contribution in [0, 0.1) is 23.2 Å². The molecule has 1 aliphatic heterocycles. The summed E-state index contributed by atoms with van der Waals surface area (Å²) in [5.74, 6) is 2.37. The molecule has 4 atom stereocenters. The minimum Gasteiger partial charge on any atom is -0.353 e. The molecule has 0 radical (unpaired) electrons. The Bertz CT molecular complexity index is 347. The highest BCUT2D eigenvalue weighted by molar-refractivity contribution is 5.83. The van der Waals surface area contributed by atoms with Gasteiger partial charge in [0.1, 0.15) is 0 Å². The third-order valence-electron chi connectivity index (χ3n) is 5.79. The smallest absolute Gasteiger partial charge is 0.227 e. The van der Waals surface area contributed by atoms with Gasteiger partial charge in [0.05, 0.1) is 5.41 Å². The molecular weight excluding hydrogens is 260 g/mol.